The highest BCUT2D eigenvalue weighted by Crippen LogP contribution is 2.34. The van der Waals surface area contributed by atoms with Crippen LogP contribution >= 0.6 is 0 Å². The molecule has 0 saturated carbocycles. The average molecular weight is 483 g/mol. The highest BCUT2D eigenvalue weighted by atomic mass is 19.4. The van der Waals surface area contributed by atoms with Gasteiger partial charge in [-0.1, -0.05) is 0 Å². The molecular formula is C24H20F3N5O3. The van der Waals surface area contributed by atoms with Crippen LogP contribution in [0.4, 0.5) is 23.7 Å². The van der Waals surface area contributed by atoms with Crippen LogP contribution in [0.1, 0.15) is 16.8 Å². The van der Waals surface area contributed by atoms with Crippen LogP contribution in [0.15, 0.2) is 55.0 Å². The molecule has 5 rings (SSSR count). The molecular weight excluding hydrogens is 463 g/mol. The van der Waals surface area contributed by atoms with Gasteiger partial charge in [-0.3, -0.25) is 4.57 Å². The summed E-state index contributed by atoms with van der Waals surface area (Å²) in [5.74, 6) is 1.01. The number of fused-ring (bicyclic) bond motifs is 2. The number of carbonyl (C=O) groups is 1. The zero-order chi connectivity index (χ0) is 24.6. The van der Waals surface area contributed by atoms with Crippen molar-refractivity contribution in [2.75, 3.05) is 19.0 Å². The molecule has 2 N–H and O–H groups in total. The van der Waals surface area contributed by atoms with Gasteiger partial charge in [-0.25, -0.2) is 14.8 Å². The Balaban J connectivity index is 1.39. The number of anilines is 1. The van der Waals surface area contributed by atoms with Crippen molar-refractivity contribution < 1.29 is 27.4 Å². The Bertz CT molecular complexity index is 1420. The summed E-state index contributed by atoms with van der Waals surface area (Å²) in [6.45, 7) is 1.47. The molecule has 2 aromatic heterocycles. The summed E-state index contributed by atoms with van der Waals surface area (Å²) in [5.41, 5.74) is 1.46. The van der Waals surface area contributed by atoms with Crippen molar-refractivity contribution in [1.82, 2.24) is 19.9 Å². The van der Waals surface area contributed by atoms with Crippen molar-refractivity contribution in [2.24, 2.45) is 0 Å². The number of hydrogen-bond acceptors (Lipinski definition) is 6. The van der Waals surface area contributed by atoms with E-state index < -0.39 is 17.8 Å². The number of aromatic nitrogens is 3. The van der Waals surface area contributed by atoms with Gasteiger partial charge in [0.2, 0.25) is 5.88 Å². The lowest BCUT2D eigenvalue weighted by atomic mass is 10.1. The van der Waals surface area contributed by atoms with E-state index in [1.807, 2.05) is 0 Å². The van der Waals surface area contributed by atoms with Crippen LogP contribution in [0, 0.1) is 0 Å². The summed E-state index contributed by atoms with van der Waals surface area (Å²) in [5, 5.41) is 6.47. The fourth-order valence-corrected chi connectivity index (χ4v) is 3.95. The summed E-state index contributed by atoms with van der Waals surface area (Å²) in [6, 6.07) is 9.32. The molecule has 0 spiro atoms. The fraction of sp³-hybridized carbons (Fsp3) is 0.208. The van der Waals surface area contributed by atoms with Crippen molar-refractivity contribution in [3.05, 3.63) is 71.8 Å². The molecule has 1 aliphatic rings. The molecule has 0 atom stereocenters. The van der Waals surface area contributed by atoms with Gasteiger partial charge in [-0.05, 0) is 49.4 Å². The normalized spacial score (nSPS) is 13.4. The summed E-state index contributed by atoms with van der Waals surface area (Å²) in [4.78, 5) is 21.4. The molecule has 1 amide bonds. The maximum absolute atomic E-state index is 13.2. The summed E-state index contributed by atoms with van der Waals surface area (Å²) in [6.07, 6.45) is -0.829. The highest BCUT2D eigenvalue weighted by Gasteiger charge is 2.31. The zero-order valence-electron chi connectivity index (χ0n) is 18.5. The number of halogens is 3. The van der Waals surface area contributed by atoms with Gasteiger partial charge in [0, 0.05) is 35.4 Å². The van der Waals surface area contributed by atoms with Crippen molar-refractivity contribution in [3.63, 3.8) is 0 Å². The predicted octanol–water partition coefficient (Wildman–Crippen LogP) is 4.98. The van der Waals surface area contributed by atoms with Gasteiger partial charge in [0.15, 0.2) is 0 Å². The monoisotopic (exact) mass is 483 g/mol. The molecule has 35 heavy (non-hydrogen) atoms. The first kappa shape index (κ1) is 22.7. The Kier molecular flexibility index (Phi) is 5.77. The molecule has 8 nitrogen and oxygen atoms in total. The van der Waals surface area contributed by atoms with E-state index in [0.717, 1.165) is 36.4 Å². The molecule has 180 valence electrons. The van der Waals surface area contributed by atoms with Gasteiger partial charge in [0.1, 0.15) is 17.8 Å². The molecule has 0 saturated heterocycles. The molecule has 0 unspecified atom stereocenters. The third kappa shape index (κ3) is 4.62. The van der Waals surface area contributed by atoms with E-state index in [0.29, 0.717) is 29.1 Å². The average Bonchev–Trinajstić information content (AvgIpc) is 3.27. The second-order valence-corrected chi connectivity index (χ2v) is 7.92. The lowest BCUT2D eigenvalue weighted by molar-refractivity contribution is -0.137. The van der Waals surface area contributed by atoms with Crippen molar-refractivity contribution in [1.29, 1.82) is 0 Å². The summed E-state index contributed by atoms with van der Waals surface area (Å²) in [7, 11) is 1.26. The van der Waals surface area contributed by atoms with E-state index in [1.54, 1.807) is 24.3 Å². The molecule has 2 aromatic carbocycles. The minimum Gasteiger partial charge on any atom is -0.497 e. The molecule has 1 aliphatic heterocycles. The maximum Gasteiger partial charge on any atom is 0.416 e. The van der Waals surface area contributed by atoms with Crippen LogP contribution in [0.5, 0.6) is 17.4 Å². The molecule has 0 radical (unpaired) electrons. The van der Waals surface area contributed by atoms with Gasteiger partial charge < -0.3 is 20.1 Å². The summed E-state index contributed by atoms with van der Waals surface area (Å²) < 4.78 is 51.8. The largest absolute Gasteiger partial charge is 0.497 e. The van der Waals surface area contributed by atoms with Crippen molar-refractivity contribution in [2.45, 2.75) is 19.1 Å². The molecule has 0 bridgehead atoms. The predicted molar refractivity (Wildman–Crippen MR) is 122 cm³/mol. The van der Waals surface area contributed by atoms with Gasteiger partial charge in [-0.15, -0.1) is 0 Å². The molecule has 11 heteroatoms. The first-order valence-electron chi connectivity index (χ1n) is 10.7. The van der Waals surface area contributed by atoms with Gasteiger partial charge in [0.25, 0.3) is 0 Å². The van der Waals surface area contributed by atoms with Gasteiger partial charge in [0.05, 0.1) is 23.9 Å². The topological polar surface area (TPSA) is 90.3 Å². The summed E-state index contributed by atoms with van der Waals surface area (Å²) >= 11 is 0. The van der Waals surface area contributed by atoms with Crippen molar-refractivity contribution in [3.8, 4) is 17.4 Å². The Hall–Kier alpha value is -4.12. The first-order valence-corrected chi connectivity index (χ1v) is 10.7. The SMILES string of the molecule is COc1cc(NC(=O)n2ccc3cc(Oc4ncnc5c4CCNC5)ccc32)cc(C(F)(F)F)c1. The van der Waals surface area contributed by atoms with Crippen LogP contribution in [0.3, 0.4) is 0 Å². The quantitative estimate of drug-likeness (QED) is 0.426. The lowest BCUT2D eigenvalue weighted by Crippen LogP contribution is -2.25. The lowest BCUT2D eigenvalue weighted by Gasteiger charge is -2.18. The number of benzene rings is 2. The Morgan fingerprint density at radius 1 is 1.11 bits per heavy atom. The third-order valence-corrected chi connectivity index (χ3v) is 5.66. The number of hydrogen-bond donors (Lipinski definition) is 2. The standard InChI is InChI=1S/C24H20F3N5O3/c1-34-18-10-15(24(25,26)27)9-16(11-18)31-23(33)32-7-5-14-8-17(2-3-21(14)32)35-22-19-4-6-28-12-20(19)29-13-30-22/h2-3,5,7-11,13,28H,4,6,12H2,1H3,(H,31,33). The number of nitrogens with zero attached hydrogens (tertiary/aromatic N) is 3. The van der Waals surface area contributed by atoms with Crippen LogP contribution in [-0.4, -0.2) is 34.2 Å². The van der Waals surface area contributed by atoms with Crippen LogP contribution in [0.2, 0.25) is 0 Å². The van der Waals surface area contributed by atoms with Gasteiger partial charge >= 0.3 is 12.2 Å². The number of methoxy groups -OCH3 is 1. The zero-order valence-corrected chi connectivity index (χ0v) is 18.5. The van der Waals surface area contributed by atoms with Gasteiger partial charge in [-0.2, -0.15) is 13.2 Å². The van der Waals surface area contributed by atoms with E-state index in [9.17, 15) is 18.0 Å². The smallest absolute Gasteiger partial charge is 0.416 e. The number of amides is 1. The van der Waals surface area contributed by atoms with E-state index in [-0.39, 0.29) is 11.4 Å². The Morgan fingerprint density at radius 2 is 1.97 bits per heavy atom. The van der Waals surface area contributed by atoms with Crippen molar-refractivity contribution >= 4 is 22.6 Å². The third-order valence-electron chi connectivity index (χ3n) is 5.66. The second kappa shape index (κ2) is 8.91. The number of carbonyl (C=O) groups excluding carboxylic acids is 1. The second-order valence-electron chi connectivity index (χ2n) is 7.92. The molecule has 3 heterocycles. The van der Waals surface area contributed by atoms with E-state index in [2.05, 4.69) is 20.6 Å². The van der Waals surface area contributed by atoms with Crippen LogP contribution < -0.4 is 20.1 Å². The minimum absolute atomic E-state index is 0.0167. The van der Waals surface area contributed by atoms with E-state index >= 15 is 0 Å². The number of nitrogens with one attached hydrogen (secondary N) is 2. The van der Waals surface area contributed by atoms with Crippen LogP contribution in [0.25, 0.3) is 10.9 Å². The molecule has 0 aliphatic carbocycles. The minimum atomic E-state index is -4.58. The fourth-order valence-electron chi connectivity index (χ4n) is 3.95. The van der Waals surface area contributed by atoms with E-state index in [1.165, 1.54) is 30.3 Å². The number of alkyl halides is 3. The number of ether oxygens (including phenoxy) is 2. The van der Waals surface area contributed by atoms with E-state index in [4.69, 9.17) is 9.47 Å². The van der Waals surface area contributed by atoms with Crippen LogP contribution in [-0.2, 0) is 19.1 Å². The molecule has 4 aromatic rings. The highest BCUT2D eigenvalue weighted by molar-refractivity contribution is 5.99. The first-order chi connectivity index (χ1) is 16.8. The Labute approximate surface area is 197 Å². The molecule has 0 fully saturated rings. The Morgan fingerprint density at radius 3 is 2.77 bits per heavy atom. The number of rotatable bonds is 4. The maximum atomic E-state index is 13.2.